The fraction of sp³-hybridized carbons (Fsp3) is 0.480. The molecule has 0 radical (unpaired) electrons. The second-order valence-corrected chi connectivity index (χ2v) is 10.2. The number of carbonyl (C=O) groups is 4. The number of halogens is 2. The second-order valence-electron chi connectivity index (χ2n) is 9.43. The van der Waals surface area contributed by atoms with Gasteiger partial charge in [0.25, 0.3) is 17.7 Å². The number of nitrogens with one attached hydrogen (secondary N) is 1. The number of aromatic nitrogens is 1. The molecule has 12 heteroatoms. The molecule has 2 N–H and O–H groups in total. The van der Waals surface area contributed by atoms with Gasteiger partial charge in [-0.3, -0.25) is 19.2 Å². The molecular formula is C25H28Cl2N4O6. The average Bonchev–Trinajstić information content (AvgIpc) is 3.51. The standard InChI is InChI=1S/C25H28Cl2N4O6/c1-14-11-20(29-37-14)25(36)31-10-9-30(24(35)16-7-8-17(26)18(27)12-16)23(31)22(34)28-19(13-21(32)33)15-5-3-2-4-6-15/h7-8,11-12,15,19,23H,2-6,9-10,13H2,1H3,(H,28,34)(H,32,33). The zero-order chi connectivity index (χ0) is 26.7. The van der Waals surface area contributed by atoms with Gasteiger partial charge in [0, 0.05) is 30.8 Å². The minimum absolute atomic E-state index is 0.00299. The van der Waals surface area contributed by atoms with Crippen molar-refractivity contribution in [2.75, 3.05) is 13.1 Å². The van der Waals surface area contributed by atoms with Crippen LogP contribution < -0.4 is 5.32 Å². The van der Waals surface area contributed by atoms with Crippen LogP contribution in [0.25, 0.3) is 0 Å². The minimum Gasteiger partial charge on any atom is -0.481 e. The number of hydrogen-bond donors (Lipinski definition) is 2. The van der Waals surface area contributed by atoms with E-state index >= 15 is 0 Å². The summed E-state index contributed by atoms with van der Waals surface area (Å²) in [5.41, 5.74) is 0.210. The summed E-state index contributed by atoms with van der Waals surface area (Å²) in [5.74, 6) is -2.33. The first-order valence-corrected chi connectivity index (χ1v) is 12.9. The van der Waals surface area contributed by atoms with Crippen LogP contribution in [0.4, 0.5) is 0 Å². The Balaban J connectivity index is 1.64. The number of carbonyl (C=O) groups excluding carboxylic acids is 3. The highest BCUT2D eigenvalue weighted by atomic mass is 35.5. The molecule has 10 nitrogen and oxygen atoms in total. The molecule has 198 valence electrons. The van der Waals surface area contributed by atoms with Crippen LogP contribution in [-0.4, -0.2) is 69.1 Å². The summed E-state index contributed by atoms with van der Waals surface area (Å²) < 4.78 is 5.03. The predicted molar refractivity (Wildman–Crippen MR) is 134 cm³/mol. The number of nitrogens with zero attached hydrogens (tertiary/aromatic N) is 3. The second kappa shape index (κ2) is 11.5. The fourth-order valence-corrected chi connectivity index (χ4v) is 5.36. The van der Waals surface area contributed by atoms with Gasteiger partial charge in [0.05, 0.1) is 16.5 Å². The van der Waals surface area contributed by atoms with E-state index in [4.69, 9.17) is 27.7 Å². The van der Waals surface area contributed by atoms with Crippen LogP contribution in [0.5, 0.6) is 0 Å². The van der Waals surface area contributed by atoms with Crippen molar-refractivity contribution in [2.45, 2.75) is 57.7 Å². The first-order valence-electron chi connectivity index (χ1n) is 12.2. The lowest BCUT2D eigenvalue weighted by atomic mass is 9.82. The molecule has 37 heavy (non-hydrogen) atoms. The normalized spacial score (nSPS) is 19.1. The van der Waals surface area contributed by atoms with Crippen LogP contribution in [0.15, 0.2) is 28.8 Å². The SMILES string of the molecule is Cc1cc(C(=O)N2CCN(C(=O)c3ccc(Cl)c(Cl)c3)C2C(=O)NC(CC(=O)O)C2CCCCC2)no1. The zero-order valence-corrected chi connectivity index (χ0v) is 21.8. The van der Waals surface area contributed by atoms with Gasteiger partial charge in [-0.15, -0.1) is 0 Å². The number of amides is 3. The highest BCUT2D eigenvalue weighted by molar-refractivity contribution is 6.42. The smallest absolute Gasteiger partial charge is 0.305 e. The third kappa shape index (κ3) is 6.07. The Morgan fingerprint density at radius 1 is 1.05 bits per heavy atom. The van der Waals surface area contributed by atoms with Crippen molar-refractivity contribution in [1.29, 1.82) is 0 Å². The van der Waals surface area contributed by atoms with E-state index in [0.29, 0.717) is 5.76 Å². The Bertz CT molecular complexity index is 1200. The van der Waals surface area contributed by atoms with Crippen LogP contribution >= 0.6 is 23.2 Å². The maximum atomic E-state index is 13.7. The van der Waals surface area contributed by atoms with Crippen molar-refractivity contribution in [3.8, 4) is 0 Å². The van der Waals surface area contributed by atoms with E-state index in [1.54, 1.807) is 6.92 Å². The highest BCUT2D eigenvalue weighted by Crippen LogP contribution is 2.29. The molecule has 1 saturated heterocycles. The van der Waals surface area contributed by atoms with E-state index < -0.39 is 35.9 Å². The van der Waals surface area contributed by atoms with Crippen molar-refractivity contribution >= 4 is 46.9 Å². The lowest BCUT2D eigenvalue weighted by molar-refractivity contribution is -0.138. The summed E-state index contributed by atoms with van der Waals surface area (Å²) in [7, 11) is 0. The molecule has 3 amide bonds. The van der Waals surface area contributed by atoms with E-state index in [2.05, 4.69) is 10.5 Å². The average molecular weight is 551 g/mol. The summed E-state index contributed by atoms with van der Waals surface area (Å²) in [5, 5.41) is 16.6. The topological polar surface area (TPSA) is 133 Å². The number of hydrogen-bond acceptors (Lipinski definition) is 6. The maximum absolute atomic E-state index is 13.7. The molecule has 2 aromatic rings. The fourth-order valence-electron chi connectivity index (χ4n) is 5.06. The van der Waals surface area contributed by atoms with Crippen LogP contribution in [0.1, 0.15) is 65.1 Å². The van der Waals surface area contributed by atoms with E-state index in [0.717, 1.165) is 32.1 Å². The Hall–Kier alpha value is -3.11. The third-order valence-corrected chi connectivity index (χ3v) is 7.62. The largest absolute Gasteiger partial charge is 0.481 e. The number of carboxylic acids is 1. The molecule has 1 aromatic carbocycles. The molecule has 1 aromatic heterocycles. The molecule has 2 aliphatic rings. The van der Waals surface area contributed by atoms with Gasteiger partial charge in [-0.05, 0) is 43.9 Å². The van der Waals surface area contributed by atoms with E-state index in [9.17, 15) is 24.3 Å². The number of aryl methyl sites for hydroxylation is 1. The summed E-state index contributed by atoms with van der Waals surface area (Å²) in [6.07, 6.45) is 3.02. The summed E-state index contributed by atoms with van der Waals surface area (Å²) in [6.45, 7) is 1.79. The number of aliphatic carboxylic acids is 1. The molecule has 1 aliphatic heterocycles. The summed E-state index contributed by atoms with van der Waals surface area (Å²) >= 11 is 12.1. The zero-order valence-electron chi connectivity index (χ0n) is 20.3. The molecule has 2 atom stereocenters. The number of benzene rings is 1. The Morgan fingerprint density at radius 3 is 2.32 bits per heavy atom. The lowest BCUT2D eigenvalue weighted by Gasteiger charge is -2.34. The minimum atomic E-state index is -1.31. The summed E-state index contributed by atoms with van der Waals surface area (Å²) in [6, 6.07) is 5.21. The van der Waals surface area contributed by atoms with E-state index in [1.807, 2.05) is 0 Å². The molecule has 4 rings (SSSR count). The van der Waals surface area contributed by atoms with Gasteiger partial charge >= 0.3 is 5.97 Å². The first kappa shape index (κ1) is 26.9. The molecule has 1 aliphatic carbocycles. The van der Waals surface area contributed by atoms with Crippen LogP contribution in [-0.2, 0) is 9.59 Å². The molecule has 1 saturated carbocycles. The van der Waals surface area contributed by atoms with Gasteiger partial charge < -0.3 is 24.7 Å². The predicted octanol–water partition coefficient (Wildman–Crippen LogP) is 3.75. The van der Waals surface area contributed by atoms with Gasteiger partial charge in [0.1, 0.15) is 5.76 Å². The molecule has 0 bridgehead atoms. The van der Waals surface area contributed by atoms with Gasteiger partial charge in [-0.25, -0.2) is 0 Å². The highest BCUT2D eigenvalue weighted by Gasteiger charge is 2.45. The van der Waals surface area contributed by atoms with Gasteiger partial charge in [-0.2, -0.15) is 0 Å². The van der Waals surface area contributed by atoms with Gasteiger partial charge in [0.2, 0.25) is 0 Å². The quantitative estimate of drug-likeness (QED) is 0.536. The molecule has 2 unspecified atom stereocenters. The van der Waals surface area contributed by atoms with Gasteiger partial charge in [-0.1, -0.05) is 47.6 Å². The van der Waals surface area contributed by atoms with Crippen molar-refractivity contribution in [2.24, 2.45) is 5.92 Å². The molecule has 2 fully saturated rings. The van der Waals surface area contributed by atoms with E-state index in [1.165, 1.54) is 34.1 Å². The Morgan fingerprint density at radius 2 is 1.73 bits per heavy atom. The molecular weight excluding hydrogens is 523 g/mol. The van der Waals surface area contributed by atoms with Crippen molar-refractivity contribution in [3.05, 3.63) is 51.3 Å². The van der Waals surface area contributed by atoms with Crippen molar-refractivity contribution in [3.63, 3.8) is 0 Å². The van der Waals surface area contributed by atoms with Crippen molar-refractivity contribution < 1.29 is 28.8 Å². The Labute approximate surface area is 223 Å². The Kier molecular flexibility index (Phi) is 8.39. The first-order chi connectivity index (χ1) is 17.7. The van der Waals surface area contributed by atoms with Gasteiger partial charge in [0.15, 0.2) is 11.9 Å². The molecule has 0 spiro atoms. The van der Waals surface area contributed by atoms with Crippen LogP contribution in [0, 0.1) is 12.8 Å². The maximum Gasteiger partial charge on any atom is 0.305 e. The van der Waals surface area contributed by atoms with E-state index in [-0.39, 0.29) is 46.7 Å². The molecule has 2 heterocycles. The third-order valence-electron chi connectivity index (χ3n) is 6.88. The monoisotopic (exact) mass is 550 g/mol. The summed E-state index contributed by atoms with van der Waals surface area (Å²) in [4.78, 5) is 54.6. The van der Waals surface area contributed by atoms with Crippen molar-refractivity contribution in [1.82, 2.24) is 20.3 Å². The number of rotatable bonds is 7. The van der Waals surface area contributed by atoms with Crippen LogP contribution in [0.2, 0.25) is 10.0 Å². The lowest BCUT2D eigenvalue weighted by Crippen LogP contribution is -2.57. The number of carboxylic acid groups (broad SMARTS) is 1. The van der Waals surface area contributed by atoms with Crippen LogP contribution in [0.3, 0.4) is 0 Å².